The molecule has 4 heteroatoms. The number of fused-ring (bicyclic) bond motifs is 1. The fourth-order valence-electron chi connectivity index (χ4n) is 4.26. The van der Waals surface area contributed by atoms with Crippen molar-refractivity contribution in [3.05, 3.63) is 12.2 Å². The van der Waals surface area contributed by atoms with Crippen LogP contribution in [-0.2, 0) is 4.79 Å². The zero-order valence-corrected chi connectivity index (χ0v) is 12.5. The van der Waals surface area contributed by atoms with Gasteiger partial charge in [-0.05, 0) is 38.5 Å². The van der Waals surface area contributed by atoms with Crippen molar-refractivity contribution in [2.24, 2.45) is 23.2 Å². The minimum atomic E-state index is -1.24. The largest absolute Gasteiger partial charge is 0.396 e. The number of carbonyl (C=O) groups is 1. The van der Waals surface area contributed by atoms with Crippen LogP contribution in [0.1, 0.15) is 40.0 Å². The number of aliphatic hydroxyl groups is 3. The van der Waals surface area contributed by atoms with E-state index in [1.165, 1.54) is 0 Å². The van der Waals surface area contributed by atoms with Crippen LogP contribution < -0.4 is 0 Å². The smallest absolute Gasteiger partial charge is 0.144 e. The van der Waals surface area contributed by atoms with Crippen LogP contribution >= 0.6 is 0 Å². The van der Waals surface area contributed by atoms with E-state index < -0.39 is 17.1 Å². The van der Waals surface area contributed by atoms with Gasteiger partial charge in [-0.25, -0.2) is 0 Å². The summed E-state index contributed by atoms with van der Waals surface area (Å²) < 4.78 is 0. The van der Waals surface area contributed by atoms with E-state index in [1.807, 2.05) is 6.08 Å². The van der Waals surface area contributed by atoms with Gasteiger partial charge in [0.1, 0.15) is 5.78 Å². The number of hydrogen-bond acceptors (Lipinski definition) is 4. The second kappa shape index (κ2) is 5.24. The quantitative estimate of drug-likeness (QED) is 0.682. The van der Waals surface area contributed by atoms with E-state index in [0.717, 1.165) is 12.8 Å². The Kier molecular flexibility index (Phi) is 4.11. The van der Waals surface area contributed by atoms with Gasteiger partial charge in [-0.1, -0.05) is 19.1 Å². The summed E-state index contributed by atoms with van der Waals surface area (Å²) in [5.74, 6) is -0.0466. The molecule has 0 aromatic rings. The number of rotatable bonds is 3. The normalized spacial score (nSPS) is 47.9. The second-order valence-electron chi connectivity index (χ2n) is 6.83. The van der Waals surface area contributed by atoms with Gasteiger partial charge in [0.15, 0.2) is 0 Å². The lowest BCUT2D eigenvalue weighted by Gasteiger charge is -2.55. The Morgan fingerprint density at radius 1 is 1.35 bits per heavy atom. The average Bonchev–Trinajstić information content (AvgIpc) is 2.37. The molecule has 0 saturated heterocycles. The Morgan fingerprint density at radius 2 is 2.00 bits per heavy atom. The van der Waals surface area contributed by atoms with Gasteiger partial charge < -0.3 is 15.3 Å². The highest BCUT2D eigenvalue weighted by Gasteiger charge is 2.59. The SMILES string of the molecule is CC1CCC(O)C2C=CC(C)(O)C(C)(C(=O)CCO)C12. The Morgan fingerprint density at radius 3 is 2.60 bits per heavy atom. The van der Waals surface area contributed by atoms with E-state index in [-0.39, 0.29) is 36.6 Å². The summed E-state index contributed by atoms with van der Waals surface area (Å²) in [5, 5.41) is 30.1. The Hall–Kier alpha value is -0.710. The predicted molar refractivity (Wildman–Crippen MR) is 76.0 cm³/mol. The second-order valence-corrected chi connectivity index (χ2v) is 6.83. The van der Waals surface area contributed by atoms with Crippen LogP contribution in [0.5, 0.6) is 0 Å². The number of carbonyl (C=O) groups excluding carboxylic acids is 1. The Balaban J connectivity index is 2.49. The first-order valence-corrected chi connectivity index (χ1v) is 7.49. The Bertz CT molecular complexity index is 415. The van der Waals surface area contributed by atoms with Crippen molar-refractivity contribution >= 4 is 5.78 Å². The van der Waals surface area contributed by atoms with Gasteiger partial charge >= 0.3 is 0 Å². The van der Waals surface area contributed by atoms with Crippen LogP contribution in [0, 0.1) is 23.2 Å². The molecule has 0 bridgehead atoms. The van der Waals surface area contributed by atoms with Gasteiger partial charge in [-0.2, -0.15) is 0 Å². The van der Waals surface area contributed by atoms with Gasteiger partial charge in [0.05, 0.1) is 17.1 Å². The number of hydrogen-bond donors (Lipinski definition) is 3. The number of ketones is 1. The third-order valence-electron chi connectivity index (χ3n) is 5.67. The van der Waals surface area contributed by atoms with Crippen molar-refractivity contribution in [2.75, 3.05) is 6.61 Å². The summed E-state index contributed by atoms with van der Waals surface area (Å²) in [6, 6.07) is 0. The van der Waals surface area contributed by atoms with E-state index in [1.54, 1.807) is 19.9 Å². The van der Waals surface area contributed by atoms with Crippen LogP contribution in [0.2, 0.25) is 0 Å². The van der Waals surface area contributed by atoms with E-state index in [2.05, 4.69) is 6.92 Å². The summed E-state index contributed by atoms with van der Waals surface area (Å²) in [6.45, 7) is 5.33. The van der Waals surface area contributed by atoms with Crippen LogP contribution in [0.25, 0.3) is 0 Å². The van der Waals surface area contributed by atoms with Gasteiger partial charge in [-0.3, -0.25) is 4.79 Å². The van der Waals surface area contributed by atoms with E-state index in [0.29, 0.717) is 0 Å². The average molecular weight is 282 g/mol. The molecular formula is C16H26O4. The molecule has 0 heterocycles. The highest BCUT2D eigenvalue weighted by Crippen LogP contribution is 2.55. The monoisotopic (exact) mass is 282 g/mol. The van der Waals surface area contributed by atoms with Crippen molar-refractivity contribution in [1.82, 2.24) is 0 Å². The minimum Gasteiger partial charge on any atom is -0.396 e. The summed E-state index contributed by atoms with van der Waals surface area (Å²) in [4.78, 5) is 12.6. The van der Waals surface area contributed by atoms with E-state index in [4.69, 9.17) is 5.11 Å². The lowest BCUT2D eigenvalue weighted by Crippen LogP contribution is -2.61. The molecule has 6 atom stereocenters. The molecule has 2 rings (SSSR count). The van der Waals surface area contributed by atoms with E-state index in [9.17, 15) is 15.0 Å². The van der Waals surface area contributed by atoms with Gasteiger partial charge in [0, 0.05) is 18.9 Å². The molecule has 0 aromatic heterocycles. The molecule has 0 aromatic carbocycles. The first-order valence-electron chi connectivity index (χ1n) is 7.49. The van der Waals surface area contributed by atoms with Gasteiger partial charge in [0.2, 0.25) is 0 Å². The first kappa shape index (κ1) is 15.7. The van der Waals surface area contributed by atoms with E-state index >= 15 is 0 Å². The molecule has 0 radical (unpaired) electrons. The van der Waals surface area contributed by atoms with Crippen molar-refractivity contribution in [3.63, 3.8) is 0 Å². The molecule has 20 heavy (non-hydrogen) atoms. The molecule has 4 nitrogen and oxygen atoms in total. The molecule has 0 aliphatic heterocycles. The summed E-state index contributed by atoms with van der Waals surface area (Å²) in [6.07, 6.45) is 4.72. The number of aliphatic hydroxyl groups excluding tert-OH is 2. The van der Waals surface area contributed by atoms with Crippen LogP contribution in [0.4, 0.5) is 0 Å². The van der Waals surface area contributed by atoms with Crippen molar-refractivity contribution < 1.29 is 20.1 Å². The molecule has 0 spiro atoms. The van der Waals surface area contributed by atoms with Crippen LogP contribution in [0.3, 0.4) is 0 Å². The molecule has 6 unspecified atom stereocenters. The summed E-state index contributed by atoms with van der Waals surface area (Å²) >= 11 is 0. The fraction of sp³-hybridized carbons (Fsp3) is 0.812. The predicted octanol–water partition coefficient (Wildman–Crippen LogP) is 1.29. The zero-order valence-electron chi connectivity index (χ0n) is 12.5. The van der Waals surface area contributed by atoms with Crippen molar-refractivity contribution in [2.45, 2.75) is 51.7 Å². The minimum absolute atomic E-state index is 0.0481. The standard InChI is InChI=1S/C16H26O4/c1-10-4-5-12(18)11-6-8-15(2,20)16(3,14(10)11)13(19)7-9-17/h6,8,10-12,14,17-18,20H,4-5,7,9H2,1-3H3. The lowest BCUT2D eigenvalue weighted by molar-refractivity contribution is -0.162. The molecule has 1 saturated carbocycles. The molecule has 2 aliphatic rings. The topological polar surface area (TPSA) is 77.8 Å². The molecule has 3 N–H and O–H groups in total. The molecule has 0 amide bonds. The molecular weight excluding hydrogens is 256 g/mol. The van der Waals surface area contributed by atoms with Crippen molar-refractivity contribution in [3.8, 4) is 0 Å². The van der Waals surface area contributed by atoms with Crippen molar-refractivity contribution in [1.29, 1.82) is 0 Å². The van der Waals surface area contributed by atoms with Crippen LogP contribution in [0.15, 0.2) is 12.2 Å². The maximum atomic E-state index is 12.6. The molecule has 2 aliphatic carbocycles. The third-order valence-corrected chi connectivity index (χ3v) is 5.67. The lowest BCUT2D eigenvalue weighted by atomic mass is 9.50. The van der Waals surface area contributed by atoms with Gasteiger partial charge in [-0.15, -0.1) is 0 Å². The summed E-state index contributed by atoms with van der Waals surface area (Å²) in [5.41, 5.74) is -2.21. The maximum Gasteiger partial charge on any atom is 0.144 e. The molecule has 114 valence electrons. The first-order chi connectivity index (χ1) is 9.25. The zero-order chi connectivity index (χ0) is 15.1. The summed E-state index contributed by atoms with van der Waals surface area (Å²) in [7, 11) is 0. The van der Waals surface area contributed by atoms with Gasteiger partial charge in [0.25, 0.3) is 0 Å². The third kappa shape index (κ3) is 2.14. The fourth-order valence-corrected chi connectivity index (χ4v) is 4.26. The highest BCUT2D eigenvalue weighted by atomic mass is 16.3. The number of Topliss-reactive ketones (excluding diaryl/α,β-unsaturated/α-hetero) is 1. The maximum absolute atomic E-state index is 12.6. The Labute approximate surface area is 120 Å². The highest BCUT2D eigenvalue weighted by molar-refractivity contribution is 5.87. The molecule has 1 fully saturated rings. The van der Waals surface area contributed by atoms with Crippen LogP contribution in [-0.4, -0.2) is 39.4 Å².